The molecule has 0 aliphatic heterocycles. The van der Waals surface area contributed by atoms with Gasteiger partial charge in [-0.3, -0.25) is 4.68 Å². The van der Waals surface area contributed by atoms with E-state index in [-0.39, 0.29) is 5.75 Å². The third kappa shape index (κ3) is 4.58. The van der Waals surface area contributed by atoms with Crippen LogP contribution in [0.1, 0.15) is 11.3 Å². The van der Waals surface area contributed by atoms with Crippen LogP contribution in [0.25, 0.3) is 0 Å². The minimum absolute atomic E-state index is 0.217. The fraction of sp³-hybridized carbons (Fsp3) is 0.308. The lowest BCUT2D eigenvalue weighted by atomic mass is 10.2. The van der Waals surface area contributed by atoms with E-state index in [1.807, 2.05) is 19.3 Å². The summed E-state index contributed by atoms with van der Waals surface area (Å²) in [4.78, 5) is 0. The summed E-state index contributed by atoms with van der Waals surface area (Å²) in [6.45, 7) is 1.14. The molecule has 1 N–H and O–H groups in total. The lowest BCUT2D eigenvalue weighted by Gasteiger charge is -2.09. The summed E-state index contributed by atoms with van der Waals surface area (Å²) in [6.07, 6.45) is -2.81. The molecular weight excluding hydrogens is 271 g/mol. The SMILES string of the molecule is Cn1ccc(CNCc2ccc(OC(F)(F)F)cc2)n1. The predicted molar refractivity (Wildman–Crippen MR) is 66.9 cm³/mol. The van der Waals surface area contributed by atoms with Gasteiger partial charge in [0.15, 0.2) is 0 Å². The van der Waals surface area contributed by atoms with E-state index in [2.05, 4.69) is 15.2 Å². The van der Waals surface area contributed by atoms with Crippen LogP contribution in [0.15, 0.2) is 36.5 Å². The van der Waals surface area contributed by atoms with E-state index < -0.39 is 6.36 Å². The minimum atomic E-state index is -4.65. The van der Waals surface area contributed by atoms with Crippen molar-refractivity contribution in [3.63, 3.8) is 0 Å². The van der Waals surface area contributed by atoms with Gasteiger partial charge in [-0.25, -0.2) is 0 Å². The van der Waals surface area contributed by atoms with E-state index in [1.54, 1.807) is 16.8 Å². The highest BCUT2D eigenvalue weighted by atomic mass is 19.4. The van der Waals surface area contributed by atoms with Crippen LogP contribution in [0.2, 0.25) is 0 Å². The summed E-state index contributed by atoms with van der Waals surface area (Å²) in [5, 5.41) is 7.37. The molecule has 1 heterocycles. The Morgan fingerprint density at radius 2 is 1.85 bits per heavy atom. The number of benzene rings is 1. The molecule has 0 aliphatic rings. The Hall–Kier alpha value is -2.02. The molecule has 7 heteroatoms. The Kier molecular flexibility index (Phi) is 4.29. The zero-order valence-corrected chi connectivity index (χ0v) is 10.8. The van der Waals surface area contributed by atoms with Crippen molar-refractivity contribution in [2.45, 2.75) is 19.5 Å². The number of alkyl halides is 3. The molecule has 0 aliphatic carbocycles. The van der Waals surface area contributed by atoms with E-state index in [0.717, 1.165) is 11.3 Å². The van der Waals surface area contributed by atoms with Crippen LogP contribution in [0.5, 0.6) is 5.75 Å². The number of hydrogen-bond acceptors (Lipinski definition) is 3. The first-order valence-electron chi connectivity index (χ1n) is 5.96. The third-order valence-corrected chi connectivity index (χ3v) is 2.56. The molecule has 1 aromatic heterocycles. The molecule has 0 atom stereocenters. The van der Waals surface area contributed by atoms with Gasteiger partial charge in [-0.05, 0) is 23.8 Å². The van der Waals surface area contributed by atoms with Gasteiger partial charge in [-0.1, -0.05) is 12.1 Å². The Morgan fingerprint density at radius 3 is 2.40 bits per heavy atom. The maximum Gasteiger partial charge on any atom is 0.573 e. The number of ether oxygens (including phenoxy) is 1. The summed E-state index contributed by atoms with van der Waals surface area (Å²) >= 11 is 0. The van der Waals surface area contributed by atoms with Crippen molar-refractivity contribution in [3.8, 4) is 5.75 Å². The standard InChI is InChI=1S/C13H14F3N3O/c1-19-7-6-11(18-19)9-17-8-10-2-4-12(5-3-10)20-13(14,15)16/h2-7,17H,8-9H2,1H3. The van der Waals surface area contributed by atoms with Crippen LogP contribution < -0.4 is 10.1 Å². The molecule has 4 nitrogen and oxygen atoms in total. The lowest BCUT2D eigenvalue weighted by molar-refractivity contribution is -0.274. The van der Waals surface area contributed by atoms with Gasteiger partial charge in [0.1, 0.15) is 5.75 Å². The van der Waals surface area contributed by atoms with Crippen molar-refractivity contribution >= 4 is 0 Å². The molecular formula is C13H14F3N3O. The molecule has 20 heavy (non-hydrogen) atoms. The van der Waals surface area contributed by atoms with Gasteiger partial charge in [-0.2, -0.15) is 5.10 Å². The largest absolute Gasteiger partial charge is 0.573 e. The fourth-order valence-electron chi connectivity index (χ4n) is 1.70. The van der Waals surface area contributed by atoms with Crippen LogP contribution >= 0.6 is 0 Å². The van der Waals surface area contributed by atoms with Gasteiger partial charge >= 0.3 is 6.36 Å². The number of nitrogens with zero attached hydrogens (tertiary/aromatic N) is 2. The van der Waals surface area contributed by atoms with Crippen molar-refractivity contribution in [1.29, 1.82) is 0 Å². The van der Waals surface area contributed by atoms with Crippen LogP contribution in [-0.2, 0) is 20.1 Å². The molecule has 0 spiro atoms. The Labute approximate surface area is 114 Å². The highest BCUT2D eigenvalue weighted by Gasteiger charge is 2.30. The smallest absolute Gasteiger partial charge is 0.406 e. The van der Waals surface area contributed by atoms with Gasteiger partial charge in [0, 0.05) is 26.3 Å². The Balaban J connectivity index is 1.82. The minimum Gasteiger partial charge on any atom is -0.406 e. The summed E-state index contributed by atoms with van der Waals surface area (Å²) in [5.41, 5.74) is 1.78. The van der Waals surface area contributed by atoms with Gasteiger partial charge in [0.2, 0.25) is 0 Å². The number of rotatable bonds is 5. The van der Waals surface area contributed by atoms with Crippen molar-refractivity contribution in [2.75, 3.05) is 0 Å². The molecule has 0 unspecified atom stereocenters. The molecule has 2 rings (SSSR count). The summed E-state index contributed by atoms with van der Waals surface area (Å²) in [5.74, 6) is -0.217. The van der Waals surface area contributed by atoms with Gasteiger partial charge < -0.3 is 10.1 Å². The quantitative estimate of drug-likeness (QED) is 0.918. The Morgan fingerprint density at radius 1 is 1.15 bits per heavy atom. The molecule has 0 saturated heterocycles. The molecule has 1 aromatic carbocycles. The number of aromatic nitrogens is 2. The Bertz CT molecular complexity index is 549. The number of hydrogen-bond donors (Lipinski definition) is 1. The number of nitrogens with one attached hydrogen (secondary N) is 1. The first-order valence-corrected chi connectivity index (χ1v) is 5.96. The number of aryl methyl sites for hydroxylation is 1. The highest BCUT2D eigenvalue weighted by molar-refractivity contribution is 5.27. The van der Waals surface area contributed by atoms with Crippen molar-refractivity contribution < 1.29 is 17.9 Å². The summed E-state index contributed by atoms with van der Waals surface area (Å²) in [6, 6.07) is 7.67. The zero-order chi connectivity index (χ0) is 14.6. The van der Waals surface area contributed by atoms with Crippen LogP contribution in [0.3, 0.4) is 0 Å². The average molecular weight is 285 g/mol. The molecule has 2 aromatic rings. The average Bonchev–Trinajstić information content (AvgIpc) is 2.75. The van der Waals surface area contributed by atoms with Crippen molar-refractivity contribution in [3.05, 3.63) is 47.8 Å². The second kappa shape index (κ2) is 5.96. The zero-order valence-electron chi connectivity index (χ0n) is 10.8. The monoisotopic (exact) mass is 285 g/mol. The molecule has 0 saturated carbocycles. The van der Waals surface area contributed by atoms with E-state index in [4.69, 9.17) is 0 Å². The molecule has 108 valence electrons. The van der Waals surface area contributed by atoms with Crippen LogP contribution in [0, 0.1) is 0 Å². The predicted octanol–water partition coefficient (Wildman–Crippen LogP) is 2.61. The van der Waals surface area contributed by atoms with E-state index >= 15 is 0 Å². The van der Waals surface area contributed by atoms with E-state index in [9.17, 15) is 13.2 Å². The second-order valence-corrected chi connectivity index (χ2v) is 4.28. The highest BCUT2D eigenvalue weighted by Crippen LogP contribution is 2.22. The summed E-state index contributed by atoms with van der Waals surface area (Å²) < 4.78 is 41.5. The molecule has 0 radical (unpaired) electrons. The van der Waals surface area contributed by atoms with Crippen molar-refractivity contribution in [1.82, 2.24) is 15.1 Å². The fourth-order valence-corrected chi connectivity index (χ4v) is 1.70. The van der Waals surface area contributed by atoms with E-state index in [1.165, 1.54) is 12.1 Å². The van der Waals surface area contributed by atoms with Gasteiger partial charge in [-0.15, -0.1) is 13.2 Å². The third-order valence-electron chi connectivity index (χ3n) is 2.56. The molecule has 0 amide bonds. The first kappa shape index (κ1) is 14.4. The van der Waals surface area contributed by atoms with E-state index in [0.29, 0.717) is 13.1 Å². The second-order valence-electron chi connectivity index (χ2n) is 4.28. The maximum absolute atomic E-state index is 12.0. The molecule has 0 bridgehead atoms. The first-order chi connectivity index (χ1) is 9.42. The van der Waals surface area contributed by atoms with Crippen molar-refractivity contribution in [2.24, 2.45) is 7.05 Å². The topological polar surface area (TPSA) is 39.1 Å². The number of halogens is 3. The summed E-state index contributed by atoms with van der Waals surface area (Å²) in [7, 11) is 1.84. The van der Waals surface area contributed by atoms with Crippen LogP contribution in [0.4, 0.5) is 13.2 Å². The molecule has 0 fully saturated rings. The van der Waals surface area contributed by atoms with Crippen LogP contribution in [-0.4, -0.2) is 16.1 Å². The normalized spacial score (nSPS) is 11.6. The van der Waals surface area contributed by atoms with Gasteiger partial charge in [0.05, 0.1) is 5.69 Å². The lowest BCUT2D eigenvalue weighted by Crippen LogP contribution is -2.17. The maximum atomic E-state index is 12.0. The van der Waals surface area contributed by atoms with Gasteiger partial charge in [0.25, 0.3) is 0 Å².